The quantitative estimate of drug-likeness (QED) is 0.0197. The Morgan fingerprint density at radius 1 is 0.538 bits per heavy atom. The molecule has 0 spiro atoms. The predicted octanol–water partition coefficient (Wildman–Crippen LogP) is 11.3. The summed E-state index contributed by atoms with van der Waals surface area (Å²) in [6.07, 6.45) is 42.6. The minimum Gasteiger partial charge on any atom is -0.462 e. The van der Waals surface area contributed by atoms with Gasteiger partial charge in [0.25, 0.3) is 10.1 Å². The summed E-state index contributed by atoms with van der Waals surface area (Å²) < 4.78 is 54.2. The molecule has 13 heteroatoms. The third kappa shape index (κ3) is 36.1. The molecule has 376 valence electrons. The molecule has 1 aliphatic heterocycles. The fraction of sp³-hybridized carbons (Fsp3) is 0.769. The van der Waals surface area contributed by atoms with Crippen molar-refractivity contribution in [3.8, 4) is 0 Å². The molecule has 0 aromatic heterocycles. The molecule has 0 bridgehead atoms. The van der Waals surface area contributed by atoms with Gasteiger partial charge in [-0.3, -0.25) is 14.1 Å². The normalized spacial score (nSPS) is 20.0. The lowest BCUT2D eigenvalue weighted by Crippen LogP contribution is -2.60. The highest BCUT2D eigenvalue weighted by atomic mass is 32.2. The molecule has 4 N–H and O–H groups in total. The van der Waals surface area contributed by atoms with Crippen LogP contribution in [0.1, 0.15) is 200 Å². The Labute approximate surface area is 394 Å². The second kappa shape index (κ2) is 41.5. The summed E-state index contributed by atoms with van der Waals surface area (Å²) in [4.78, 5) is 25.5. The van der Waals surface area contributed by atoms with E-state index in [1.54, 1.807) is 0 Å². The summed E-state index contributed by atoms with van der Waals surface area (Å²) in [5.74, 6) is -2.02. The number of rotatable bonds is 42. The number of allylic oxidation sites excluding steroid dienone is 10. The van der Waals surface area contributed by atoms with Gasteiger partial charge in [0.2, 0.25) is 0 Å². The monoisotopic (exact) mass is 939 g/mol. The van der Waals surface area contributed by atoms with Crippen LogP contribution in [0.15, 0.2) is 60.8 Å². The molecule has 1 heterocycles. The Balaban J connectivity index is 2.41. The number of hydrogen-bond acceptors (Lipinski definition) is 11. The Kier molecular flexibility index (Phi) is 38.6. The van der Waals surface area contributed by atoms with Gasteiger partial charge < -0.3 is 34.3 Å². The lowest BCUT2D eigenvalue weighted by molar-refractivity contribution is -0.297. The fourth-order valence-electron chi connectivity index (χ4n) is 7.47. The van der Waals surface area contributed by atoms with E-state index in [-0.39, 0.29) is 19.4 Å². The number of aliphatic hydroxyl groups is 3. The highest BCUT2D eigenvalue weighted by Crippen LogP contribution is 2.24. The van der Waals surface area contributed by atoms with Gasteiger partial charge in [-0.1, -0.05) is 190 Å². The van der Waals surface area contributed by atoms with Crippen LogP contribution in [-0.2, 0) is 38.7 Å². The zero-order valence-corrected chi connectivity index (χ0v) is 41.1. The molecule has 0 aromatic carbocycles. The van der Waals surface area contributed by atoms with Gasteiger partial charge >= 0.3 is 11.9 Å². The summed E-state index contributed by atoms with van der Waals surface area (Å²) >= 11 is 0. The molecule has 0 radical (unpaired) electrons. The molecule has 1 rings (SSSR count). The number of unbranched alkanes of at least 4 members (excludes halogenated alkanes) is 20. The van der Waals surface area contributed by atoms with E-state index in [4.69, 9.17) is 18.9 Å². The highest BCUT2D eigenvalue weighted by Gasteiger charge is 2.46. The van der Waals surface area contributed by atoms with E-state index in [2.05, 4.69) is 74.6 Å². The zero-order chi connectivity index (χ0) is 47.6. The first kappa shape index (κ1) is 60.4. The van der Waals surface area contributed by atoms with Gasteiger partial charge in [0.1, 0.15) is 36.8 Å². The van der Waals surface area contributed by atoms with E-state index in [1.807, 2.05) is 0 Å². The molecule has 0 aromatic rings. The van der Waals surface area contributed by atoms with Gasteiger partial charge in [-0.2, -0.15) is 8.42 Å². The standard InChI is InChI=1S/C52H90O12S/c1-3-5-7-9-11-13-15-17-19-21-23-25-26-28-30-32-34-36-38-40-47(53)61-42-45(43-62-52-51(57)50(56)49(55)46(64-52)44-65(58,59)60)63-48(54)41-39-37-35-33-31-29-27-24-22-20-18-16-14-12-10-8-6-4-2/h5,7,11,13,17,19,23,25,28,30,45-46,49-52,55-57H,3-4,6,8-10,12,14-16,18,20-22,24,26-27,29,31-44H2,1-2H3,(H,58,59,60)/b7-5+,13-11+,19-17+,25-23+,30-28+/t45-,46-,49-,50?,51?,52+/m1/s1. The topological polar surface area (TPSA) is 186 Å². The van der Waals surface area contributed by atoms with Crippen LogP contribution in [0, 0.1) is 0 Å². The average molecular weight is 939 g/mol. The minimum absolute atomic E-state index is 0.158. The third-order valence-electron chi connectivity index (χ3n) is 11.4. The third-order valence-corrected chi connectivity index (χ3v) is 12.1. The molecule has 0 amide bonds. The average Bonchev–Trinajstić information content (AvgIpc) is 3.27. The molecule has 12 nitrogen and oxygen atoms in total. The van der Waals surface area contributed by atoms with Crippen LogP contribution in [-0.4, -0.2) is 96.0 Å². The predicted molar refractivity (Wildman–Crippen MR) is 261 cm³/mol. The maximum Gasteiger partial charge on any atom is 0.306 e. The van der Waals surface area contributed by atoms with E-state index < -0.39 is 71.2 Å². The molecular formula is C52H90O12S. The second-order valence-electron chi connectivity index (χ2n) is 17.5. The number of carbonyl (C=O) groups excluding carboxylic acids is 2. The first-order valence-electron chi connectivity index (χ1n) is 25.3. The number of esters is 2. The summed E-state index contributed by atoms with van der Waals surface area (Å²) in [5.41, 5.74) is 0. The Hall–Kier alpha value is -2.65. The van der Waals surface area contributed by atoms with Gasteiger partial charge in [-0.05, 0) is 57.8 Å². The number of hydrogen-bond donors (Lipinski definition) is 4. The van der Waals surface area contributed by atoms with Crippen molar-refractivity contribution in [2.75, 3.05) is 19.0 Å². The lowest BCUT2D eigenvalue weighted by Gasteiger charge is -2.40. The van der Waals surface area contributed by atoms with Crippen molar-refractivity contribution in [2.24, 2.45) is 0 Å². The molecule has 1 aliphatic rings. The van der Waals surface area contributed by atoms with Gasteiger partial charge in [-0.15, -0.1) is 0 Å². The number of ether oxygens (including phenoxy) is 4. The summed E-state index contributed by atoms with van der Waals surface area (Å²) in [5, 5.41) is 31.0. The van der Waals surface area contributed by atoms with Crippen LogP contribution < -0.4 is 0 Å². The molecule has 1 fully saturated rings. The van der Waals surface area contributed by atoms with E-state index in [0.717, 1.165) is 70.6 Å². The SMILES string of the molecule is CC/C=C/C/C=C/C/C=C/C/C=C/C/C=C/CCCCCC(=O)OC[C@H](CO[C@H]1O[C@H](CS(=O)(=O)O)[C@@H](O)C(O)C1O)OC(=O)CCCCCCCCCCCCCCCCCCCC. The van der Waals surface area contributed by atoms with E-state index in [9.17, 15) is 37.9 Å². The van der Waals surface area contributed by atoms with Crippen LogP contribution in [0.25, 0.3) is 0 Å². The summed E-state index contributed by atoms with van der Waals surface area (Å²) in [7, 11) is -4.61. The number of aliphatic hydroxyl groups excluding tert-OH is 3. The molecule has 1 saturated heterocycles. The van der Waals surface area contributed by atoms with Gasteiger partial charge in [0, 0.05) is 12.8 Å². The van der Waals surface area contributed by atoms with Crippen molar-refractivity contribution in [3.05, 3.63) is 60.8 Å². The molecular weight excluding hydrogens is 849 g/mol. The first-order chi connectivity index (χ1) is 31.5. The van der Waals surface area contributed by atoms with Crippen molar-refractivity contribution in [2.45, 2.75) is 237 Å². The molecule has 0 saturated carbocycles. The van der Waals surface area contributed by atoms with Crippen molar-refractivity contribution in [3.63, 3.8) is 0 Å². The van der Waals surface area contributed by atoms with Crippen LogP contribution in [0.5, 0.6) is 0 Å². The highest BCUT2D eigenvalue weighted by molar-refractivity contribution is 7.85. The largest absolute Gasteiger partial charge is 0.462 e. The second-order valence-corrected chi connectivity index (χ2v) is 19.0. The van der Waals surface area contributed by atoms with Gasteiger partial charge in [0.05, 0.1) is 6.61 Å². The van der Waals surface area contributed by atoms with E-state index >= 15 is 0 Å². The van der Waals surface area contributed by atoms with Crippen molar-refractivity contribution >= 4 is 22.1 Å². The maximum absolute atomic E-state index is 12.9. The fourth-order valence-corrected chi connectivity index (χ4v) is 8.16. The molecule has 6 atom stereocenters. The van der Waals surface area contributed by atoms with Crippen LogP contribution in [0.2, 0.25) is 0 Å². The molecule has 2 unspecified atom stereocenters. The smallest absolute Gasteiger partial charge is 0.306 e. The Morgan fingerprint density at radius 3 is 1.45 bits per heavy atom. The first-order valence-corrected chi connectivity index (χ1v) is 27.0. The van der Waals surface area contributed by atoms with Gasteiger partial charge in [0.15, 0.2) is 12.4 Å². The number of carbonyl (C=O) groups is 2. The van der Waals surface area contributed by atoms with E-state index in [1.165, 1.54) is 89.9 Å². The Bertz CT molecular complexity index is 1420. The summed E-state index contributed by atoms with van der Waals surface area (Å²) in [6, 6.07) is 0. The van der Waals surface area contributed by atoms with Crippen LogP contribution in [0.4, 0.5) is 0 Å². The van der Waals surface area contributed by atoms with Crippen LogP contribution >= 0.6 is 0 Å². The minimum atomic E-state index is -4.61. The van der Waals surface area contributed by atoms with Crippen molar-refractivity contribution in [1.29, 1.82) is 0 Å². The lowest BCUT2D eigenvalue weighted by atomic mass is 10.00. The summed E-state index contributed by atoms with van der Waals surface area (Å²) in [6.45, 7) is 3.64. The Morgan fingerprint density at radius 2 is 0.969 bits per heavy atom. The molecule has 65 heavy (non-hydrogen) atoms. The molecule has 0 aliphatic carbocycles. The van der Waals surface area contributed by atoms with E-state index in [0.29, 0.717) is 12.8 Å². The van der Waals surface area contributed by atoms with Crippen LogP contribution in [0.3, 0.4) is 0 Å². The van der Waals surface area contributed by atoms with Crippen molar-refractivity contribution in [1.82, 2.24) is 0 Å². The zero-order valence-electron chi connectivity index (χ0n) is 40.3. The van der Waals surface area contributed by atoms with Crippen molar-refractivity contribution < 1.29 is 56.8 Å². The maximum atomic E-state index is 12.9. The van der Waals surface area contributed by atoms with Gasteiger partial charge in [-0.25, -0.2) is 0 Å².